The van der Waals surface area contributed by atoms with Gasteiger partial charge in [0, 0.05) is 10.5 Å². The van der Waals surface area contributed by atoms with Crippen molar-refractivity contribution < 1.29 is 27.2 Å². The number of benzene rings is 2. The van der Waals surface area contributed by atoms with Crippen molar-refractivity contribution in [2.75, 3.05) is 0 Å². The van der Waals surface area contributed by atoms with E-state index in [2.05, 4.69) is 5.43 Å². The molecule has 0 fully saturated rings. The van der Waals surface area contributed by atoms with E-state index in [1.165, 1.54) is 30.3 Å². The van der Waals surface area contributed by atoms with E-state index in [9.17, 15) is 27.2 Å². The summed E-state index contributed by atoms with van der Waals surface area (Å²) in [6, 6.07) is 9.63. The van der Waals surface area contributed by atoms with Crippen LogP contribution in [0.1, 0.15) is 20.7 Å². The minimum absolute atomic E-state index is 0.0784. The summed E-state index contributed by atoms with van der Waals surface area (Å²) in [6.07, 6.45) is 0. The SMILES string of the molecule is O=C(NNC(=O)c1ccccc1SC(F)(F)F)c1ccc(F)cc1. The number of hydrogen-bond donors (Lipinski definition) is 2. The van der Waals surface area contributed by atoms with Crippen molar-refractivity contribution in [1.82, 2.24) is 10.9 Å². The van der Waals surface area contributed by atoms with Crippen molar-refractivity contribution in [3.05, 3.63) is 65.5 Å². The molecule has 0 bridgehead atoms. The summed E-state index contributed by atoms with van der Waals surface area (Å²) in [5, 5.41) is 0. The van der Waals surface area contributed by atoms with Crippen LogP contribution in [0.2, 0.25) is 0 Å². The Bertz CT molecular complexity index is 748. The number of carbonyl (C=O) groups excluding carboxylic acids is 2. The second-order valence-corrected chi connectivity index (χ2v) is 5.57. The molecule has 0 atom stereocenters. The van der Waals surface area contributed by atoms with E-state index in [0.717, 1.165) is 18.2 Å². The van der Waals surface area contributed by atoms with Gasteiger partial charge in [0.1, 0.15) is 5.82 Å². The average molecular weight is 358 g/mol. The first-order chi connectivity index (χ1) is 11.3. The number of alkyl halides is 3. The molecule has 126 valence electrons. The molecule has 0 heterocycles. The van der Waals surface area contributed by atoms with Crippen molar-refractivity contribution in [3.8, 4) is 0 Å². The monoisotopic (exact) mass is 358 g/mol. The molecule has 0 unspecified atom stereocenters. The van der Waals surface area contributed by atoms with Crippen molar-refractivity contribution >= 4 is 23.6 Å². The summed E-state index contributed by atoms with van der Waals surface area (Å²) < 4.78 is 50.2. The molecular formula is C15H10F4N2O2S. The summed E-state index contributed by atoms with van der Waals surface area (Å²) >= 11 is -0.427. The summed E-state index contributed by atoms with van der Waals surface area (Å²) in [5.74, 6) is -2.17. The van der Waals surface area contributed by atoms with Gasteiger partial charge in [-0.3, -0.25) is 20.4 Å². The van der Waals surface area contributed by atoms with Crippen LogP contribution in [0.4, 0.5) is 17.6 Å². The first kappa shape index (κ1) is 17.8. The van der Waals surface area contributed by atoms with Gasteiger partial charge in [-0.2, -0.15) is 13.2 Å². The normalized spacial score (nSPS) is 11.0. The van der Waals surface area contributed by atoms with Crippen molar-refractivity contribution in [3.63, 3.8) is 0 Å². The zero-order valence-electron chi connectivity index (χ0n) is 11.9. The molecule has 0 saturated heterocycles. The fourth-order valence-corrected chi connectivity index (χ4v) is 2.39. The van der Waals surface area contributed by atoms with Gasteiger partial charge in [-0.1, -0.05) is 12.1 Å². The Kier molecular flexibility index (Phi) is 5.45. The van der Waals surface area contributed by atoms with Gasteiger partial charge >= 0.3 is 5.51 Å². The molecule has 0 aliphatic rings. The van der Waals surface area contributed by atoms with E-state index in [0.29, 0.717) is 0 Å². The number of amides is 2. The molecule has 2 aromatic carbocycles. The molecule has 0 aliphatic carbocycles. The summed E-state index contributed by atoms with van der Waals surface area (Å²) in [6.45, 7) is 0. The Balaban J connectivity index is 2.05. The standard InChI is InChI=1S/C15H10F4N2O2S/c16-10-7-5-9(6-8-10)13(22)20-21-14(23)11-3-1-2-4-12(11)24-15(17,18)19/h1-8H,(H,20,22)(H,21,23). The van der Waals surface area contributed by atoms with Crippen LogP contribution in [0.25, 0.3) is 0 Å². The zero-order valence-corrected chi connectivity index (χ0v) is 12.7. The smallest absolute Gasteiger partial charge is 0.267 e. The molecule has 0 spiro atoms. The first-order valence-electron chi connectivity index (χ1n) is 6.47. The second-order valence-electron chi connectivity index (χ2n) is 4.46. The van der Waals surface area contributed by atoms with Gasteiger partial charge in [0.05, 0.1) is 5.56 Å². The molecule has 24 heavy (non-hydrogen) atoms. The van der Waals surface area contributed by atoms with Gasteiger partial charge in [-0.25, -0.2) is 4.39 Å². The molecule has 2 N–H and O–H groups in total. The molecule has 0 aromatic heterocycles. The predicted octanol–water partition coefficient (Wildman–Crippen LogP) is 3.51. The van der Waals surface area contributed by atoms with Gasteiger partial charge in [-0.05, 0) is 48.2 Å². The number of halogens is 4. The average Bonchev–Trinajstić information content (AvgIpc) is 2.52. The number of rotatable bonds is 3. The molecule has 0 radical (unpaired) electrons. The third kappa shape index (κ3) is 4.98. The van der Waals surface area contributed by atoms with Crippen LogP contribution in [-0.2, 0) is 0 Å². The number of hydrogen-bond acceptors (Lipinski definition) is 3. The maximum absolute atomic E-state index is 12.8. The summed E-state index contributed by atoms with van der Waals surface area (Å²) in [7, 11) is 0. The Hall–Kier alpha value is -2.55. The maximum Gasteiger partial charge on any atom is 0.446 e. The van der Waals surface area contributed by atoms with Crippen LogP contribution in [0.5, 0.6) is 0 Å². The van der Waals surface area contributed by atoms with E-state index in [4.69, 9.17) is 0 Å². The van der Waals surface area contributed by atoms with Gasteiger partial charge in [0.25, 0.3) is 11.8 Å². The number of thioether (sulfide) groups is 1. The van der Waals surface area contributed by atoms with Crippen molar-refractivity contribution in [1.29, 1.82) is 0 Å². The Morgan fingerprint density at radius 1 is 0.875 bits per heavy atom. The number of hydrazine groups is 1. The largest absolute Gasteiger partial charge is 0.446 e. The van der Waals surface area contributed by atoms with Gasteiger partial charge in [0.2, 0.25) is 0 Å². The van der Waals surface area contributed by atoms with E-state index >= 15 is 0 Å². The molecule has 0 aliphatic heterocycles. The lowest BCUT2D eigenvalue weighted by molar-refractivity contribution is -0.0328. The molecule has 2 rings (SSSR count). The molecule has 2 aromatic rings. The lowest BCUT2D eigenvalue weighted by Crippen LogP contribution is -2.41. The minimum Gasteiger partial charge on any atom is -0.267 e. The first-order valence-corrected chi connectivity index (χ1v) is 7.29. The second kappa shape index (κ2) is 7.35. The third-order valence-electron chi connectivity index (χ3n) is 2.75. The highest BCUT2D eigenvalue weighted by molar-refractivity contribution is 8.00. The predicted molar refractivity (Wildman–Crippen MR) is 79.7 cm³/mol. The lowest BCUT2D eigenvalue weighted by Gasteiger charge is -2.12. The third-order valence-corrected chi connectivity index (χ3v) is 3.56. The summed E-state index contributed by atoms with van der Waals surface area (Å²) in [5.41, 5.74) is -0.626. The van der Waals surface area contributed by atoms with Crippen LogP contribution in [0.3, 0.4) is 0 Å². The number of nitrogens with one attached hydrogen (secondary N) is 2. The molecule has 4 nitrogen and oxygen atoms in total. The van der Waals surface area contributed by atoms with Gasteiger partial charge in [-0.15, -0.1) is 0 Å². The zero-order chi connectivity index (χ0) is 17.7. The Labute approximate surface area is 138 Å². The maximum atomic E-state index is 12.8. The van der Waals surface area contributed by atoms with Crippen LogP contribution in [-0.4, -0.2) is 17.3 Å². The minimum atomic E-state index is -4.55. The molecular weight excluding hydrogens is 348 g/mol. The summed E-state index contributed by atoms with van der Waals surface area (Å²) in [4.78, 5) is 23.5. The van der Waals surface area contributed by atoms with Crippen molar-refractivity contribution in [2.45, 2.75) is 10.4 Å². The van der Waals surface area contributed by atoms with Gasteiger partial charge in [0.15, 0.2) is 0 Å². The fraction of sp³-hybridized carbons (Fsp3) is 0.0667. The van der Waals surface area contributed by atoms with Crippen molar-refractivity contribution in [2.24, 2.45) is 0 Å². The highest BCUT2D eigenvalue weighted by atomic mass is 32.2. The van der Waals surface area contributed by atoms with Gasteiger partial charge < -0.3 is 0 Å². The Morgan fingerprint density at radius 2 is 1.46 bits per heavy atom. The quantitative estimate of drug-likeness (QED) is 0.502. The topological polar surface area (TPSA) is 58.2 Å². The lowest BCUT2D eigenvalue weighted by atomic mass is 10.2. The Morgan fingerprint density at radius 3 is 2.08 bits per heavy atom. The molecule has 2 amide bonds. The molecule has 0 saturated carbocycles. The van der Waals surface area contributed by atoms with E-state index in [1.807, 2.05) is 5.43 Å². The van der Waals surface area contributed by atoms with Crippen LogP contribution >= 0.6 is 11.8 Å². The highest BCUT2D eigenvalue weighted by Crippen LogP contribution is 2.38. The highest BCUT2D eigenvalue weighted by Gasteiger charge is 2.31. The number of carbonyl (C=O) groups is 2. The van der Waals surface area contributed by atoms with Crippen LogP contribution < -0.4 is 10.9 Å². The molecule has 9 heteroatoms. The van der Waals surface area contributed by atoms with Crippen LogP contribution in [0.15, 0.2) is 53.4 Å². The fourth-order valence-electron chi connectivity index (χ4n) is 1.72. The van der Waals surface area contributed by atoms with E-state index in [-0.39, 0.29) is 16.0 Å². The van der Waals surface area contributed by atoms with E-state index in [1.54, 1.807) is 0 Å². The van der Waals surface area contributed by atoms with Crippen LogP contribution in [0, 0.1) is 5.82 Å². The van der Waals surface area contributed by atoms with E-state index < -0.39 is 34.9 Å².